The molecule has 1 fully saturated rings. The maximum Gasteiger partial charge on any atom is 0.246 e. The molecule has 0 unspecified atom stereocenters. The van der Waals surface area contributed by atoms with E-state index < -0.39 is 71.7 Å². The van der Waals surface area contributed by atoms with Crippen molar-refractivity contribution in [1.29, 1.82) is 0 Å². The molecule has 4 N–H and O–H groups in total. The van der Waals surface area contributed by atoms with E-state index in [4.69, 9.17) is 14.2 Å². The van der Waals surface area contributed by atoms with Crippen LogP contribution in [-0.4, -0.2) is 127 Å². The van der Waals surface area contributed by atoms with Gasteiger partial charge in [-0.05, 0) is 73.9 Å². The first-order chi connectivity index (χ1) is 27.0. The Hall–Kier alpha value is -6.32. The largest absolute Gasteiger partial charge is 0.504 e. The van der Waals surface area contributed by atoms with Gasteiger partial charge in [-0.2, -0.15) is 0 Å². The van der Waals surface area contributed by atoms with E-state index in [9.17, 15) is 33.9 Å². The molecule has 3 heterocycles. The number of rotatable bonds is 4. The van der Waals surface area contributed by atoms with E-state index >= 15 is 0 Å². The lowest BCUT2D eigenvalue weighted by molar-refractivity contribution is -0.149. The molecule has 0 radical (unpaired) electrons. The molecule has 3 aliphatic rings. The lowest BCUT2D eigenvalue weighted by Gasteiger charge is -2.36. The van der Waals surface area contributed by atoms with Crippen LogP contribution in [0.4, 0.5) is 0 Å². The normalized spacial score (nSPS) is 24.1. The van der Waals surface area contributed by atoms with Crippen molar-refractivity contribution in [1.82, 2.24) is 30.7 Å². The fourth-order valence-electron chi connectivity index (χ4n) is 6.95. The average molecular weight is 787 g/mol. The third kappa shape index (κ3) is 9.39. The second kappa shape index (κ2) is 17.6. The van der Waals surface area contributed by atoms with Gasteiger partial charge in [0.05, 0.1) is 14.2 Å². The maximum absolute atomic E-state index is 14.7. The van der Waals surface area contributed by atoms with Crippen molar-refractivity contribution < 1.29 is 48.1 Å². The Morgan fingerprint density at radius 1 is 0.649 bits per heavy atom. The third-order valence-corrected chi connectivity index (χ3v) is 10.4. The van der Waals surface area contributed by atoms with Crippen LogP contribution in [0.3, 0.4) is 0 Å². The number of hydrogen-bond donors (Lipinski definition) is 4. The summed E-state index contributed by atoms with van der Waals surface area (Å²) < 4.78 is 16.8. The van der Waals surface area contributed by atoms with Gasteiger partial charge in [0, 0.05) is 40.4 Å². The minimum atomic E-state index is -1.27. The summed E-state index contributed by atoms with van der Waals surface area (Å²) >= 11 is 0. The van der Waals surface area contributed by atoms with E-state index in [2.05, 4.69) is 16.0 Å². The summed E-state index contributed by atoms with van der Waals surface area (Å²) in [7, 11) is 7.20. The predicted octanol–water partition coefficient (Wildman–Crippen LogP) is 1.55. The molecular weight excluding hydrogens is 736 g/mol. The Balaban J connectivity index is 1.59. The highest BCUT2D eigenvalue weighted by Crippen LogP contribution is 2.40. The van der Waals surface area contributed by atoms with Gasteiger partial charge in [-0.25, -0.2) is 0 Å². The van der Waals surface area contributed by atoms with Crippen molar-refractivity contribution in [3.63, 3.8) is 0 Å². The summed E-state index contributed by atoms with van der Waals surface area (Å²) in [6.45, 7) is 4.38. The van der Waals surface area contributed by atoms with Crippen LogP contribution < -0.4 is 30.2 Å². The fourth-order valence-corrected chi connectivity index (χ4v) is 6.95. The molecule has 57 heavy (non-hydrogen) atoms. The summed E-state index contributed by atoms with van der Waals surface area (Å²) in [5.74, 6) is -2.91. The van der Waals surface area contributed by atoms with Gasteiger partial charge in [0.15, 0.2) is 11.5 Å². The molecule has 6 bridgehead atoms. The smallest absolute Gasteiger partial charge is 0.246 e. The highest BCUT2D eigenvalue weighted by Gasteiger charge is 2.39. The van der Waals surface area contributed by atoms with E-state index in [0.717, 1.165) is 0 Å². The van der Waals surface area contributed by atoms with Crippen molar-refractivity contribution in [2.24, 2.45) is 0 Å². The Labute approximate surface area is 331 Å². The molecule has 3 aromatic carbocycles. The number of nitrogens with one attached hydrogen (secondary N) is 3. The van der Waals surface area contributed by atoms with Gasteiger partial charge in [-0.3, -0.25) is 28.8 Å². The molecule has 6 atom stereocenters. The molecule has 1 saturated heterocycles. The number of carbonyl (C=O) groups excluding carboxylic acids is 6. The Morgan fingerprint density at radius 3 is 1.82 bits per heavy atom. The Kier molecular flexibility index (Phi) is 13.0. The van der Waals surface area contributed by atoms with Gasteiger partial charge in [-0.15, -0.1) is 0 Å². The average Bonchev–Trinajstić information content (AvgIpc) is 3.19. The van der Waals surface area contributed by atoms with Gasteiger partial charge in [0.2, 0.25) is 41.2 Å². The maximum atomic E-state index is 14.7. The topological polar surface area (TPSA) is 196 Å². The molecule has 6 amide bonds. The van der Waals surface area contributed by atoms with Gasteiger partial charge < -0.3 is 50.0 Å². The Bertz CT molecular complexity index is 2010. The number of methoxy groups -OCH3 is 2. The molecule has 304 valence electrons. The van der Waals surface area contributed by atoms with E-state index in [-0.39, 0.29) is 36.5 Å². The van der Waals surface area contributed by atoms with Crippen LogP contribution in [0.15, 0.2) is 60.7 Å². The summed E-state index contributed by atoms with van der Waals surface area (Å²) in [6, 6.07) is 9.66. The monoisotopic (exact) mass is 786 g/mol. The molecule has 0 aliphatic carbocycles. The zero-order chi connectivity index (χ0) is 41.7. The van der Waals surface area contributed by atoms with Crippen LogP contribution in [0.2, 0.25) is 0 Å². The highest BCUT2D eigenvalue weighted by atomic mass is 16.5. The Morgan fingerprint density at radius 2 is 1.21 bits per heavy atom. The van der Waals surface area contributed by atoms with Crippen molar-refractivity contribution in [3.8, 4) is 28.7 Å². The lowest BCUT2D eigenvalue weighted by Crippen LogP contribution is -2.61. The lowest BCUT2D eigenvalue weighted by atomic mass is 9.98. The van der Waals surface area contributed by atoms with Crippen LogP contribution in [0.25, 0.3) is 0 Å². The number of nitrogens with zero attached hydrogens (tertiary/aromatic N) is 3. The van der Waals surface area contributed by atoms with E-state index in [1.807, 2.05) is 0 Å². The van der Waals surface area contributed by atoms with E-state index in [1.165, 1.54) is 76.9 Å². The molecule has 16 heteroatoms. The van der Waals surface area contributed by atoms with Crippen molar-refractivity contribution in [3.05, 3.63) is 77.4 Å². The quantitative estimate of drug-likeness (QED) is 0.302. The number of ether oxygens (including phenoxy) is 3. The molecular formula is C41H50N6O10. The van der Waals surface area contributed by atoms with Crippen LogP contribution >= 0.6 is 0 Å². The number of aromatic hydroxyl groups is 1. The minimum absolute atomic E-state index is 0.0180. The van der Waals surface area contributed by atoms with Gasteiger partial charge in [-0.1, -0.05) is 24.3 Å². The molecule has 0 saturated carbocycles. The SMILES string of the molecule is COc1ccc(C[C@H]2C(=O)N[C@@H](C)C(=O)N(C)[C@H]3Cc4ccc(cc4)Oc4cc(cc(O)c4OC)C[C@@H](C(=O)N[C@H](C)C(=O)N[C@@H](C)C(=O)N2C)N(C)C3=O)cc1. The van der Waals surface area contributed by atoms with Gasteiger partial charge in [0.1, 0.15) is 47.8 Å². The first-order valence-corrected chi connectivity index (χ1v) is 18.5. The number of phenolic OH excluding ortho intramolecular Hbond substituents is 1. The van der Waals surface area contributed by atoms with Crippen molar-refractivity contribution in [2.75, 3.05) is 35.4 Å². The van der Waals surface area contributed by atoms with Crippen LogP contribution in [-0.2, 0) is 48.0 Å². The van der Waals surface area contributed by atoms with E-state index in [0.29, 0.717) is 28.2 Å². The number of fused-ring (bicyclic) bond motifs is 2. The molecule has 16 nitrogen and oxygen atoms in total. The molecule has 3 aromatic rings. The number of carbonyl (C=O) groups is 6. The zero-order valence-corrected chi connectivity index (χ0v) is 33.3. The number of likely N-dealkylation sites (N-methyl/N-ethyl adjacent to an activating group) is 3. The first-order valence-electron chi connectivity index (χ1n) is 18.5. The second-order valence-electron chi connectivity index (χ2n) is 14.4. The van der Waals surface area contributed by atoms with Crippen LogP contribution in [0.5, 0.6) is 28.7 Å². The van der Waals surface area contributed by atoms with Crippen LogP contribution in [0, 0.1) is 0 Å². The second-order valence-corrected chi connectivity index (χ2v) is 14.4. The van der Waals surface area contributed by atoms with Gasteiger partial charge >= 0.3 is 0 Å². The molecule has 6 rings (SSSR count). The summed E-state index contributed by atoms with van der Waals surface area (Å²) in [5.41, 5.74) is 1.73. The van der Waals surface area contributed by atoms with E-state index in [1.54, 1.807) is 54.6 Å². The number of benzene rings is 3. The molecule has 0 spiro atoms. The minimum Gasteiger partial charge on any atom is -0.504 e. The standard InChI is InChI=1S/C41H50N6O10/c1-22-36(49)43-23(2)39(52)45(4)30(17-25-9-13-28(55-7)14-10-25)38(51)44-24(3)40(53)47(6)32-18-26-11-15-29(16-12-26)57-34-21-27(20-33(48)35(34)56-8)19-31(37(50)42-22)46(5)41(32)54/h9-16,20-24,30-32,48H,17-19H2,1-8H3,(H,42,50)(H,43,49)(H,44,51)/t22-,23+,24+,30+,31+,32+/m1/s1. The predicted molar refractivity (Wildman–Crippen MR) is 208 cm³/mol. The number of amides is 6. The summed E-state index contributed by atoms with van der Waals surface area (Å²) in [5, 5.41) is 19.0. The summed E-state index contributed by atoms with van der Waals surface area (Å²) in [6.07, 6.45) is -0.0768. The first kappa shape index (κ1) is 41.8. The van der Waals surface area contributed by atoms with Crippen molar-refractivity contribution >= 4 is 35.4 Å². The number of phenols is 1. The van der Waals surface area contributed by atoms with Crippen LogP contribution in [0.1, 0.15) is 37.5 Å². The van der Waals surface area contributed by atoms with Gasteiger partial charge in [0.25, 0.3) is 0 Å². The third-order valence-electron chi connectivity index (χ3n) is 10.4. The summed E-state index contributed by atoms with van der Waals surface area (Å²) in [4.78, 5) is 88.1. The fraction of sp³-hybridized carbons (Fsp3) is 0.415. The molecule has 0 aromatic heterocycles. The zero-order valence-electron chi connectivity index (χ0n) is 33.3. The number of hydrogen-bond acceptors (Lipinski definition) is 10. The highest BCUT2D eigenvalue weighted by molar-refractivity contribution is 5.98. The molecule has 3 aliphatic heterocycles. The van der Waals surface area contributed by atoms with Crippen molar-refractivity contribution in [2.45, 2.75) is 76.3 Å².